The van der Waals surface area contributed by atoms with Gasteiger partial charge < -0.3 is 0 Å². The van der Waals surface area contributed by atoms with Crippen LogP contribution in [0.2, 0.25) is 0 Å². The molecule has 4 rings (SSSR count). The maximum absolute atomic E-state index is 12.6. The largest absolute Gasteiger partial charge is 0.299 e. The van der Waals surface area contributed by atoms with Crippen molar-refractivity contribution in [3.8, 4) is 0 Å². The van der Waals surface area contributed by atoms with Gasteiger partial charge in [-0.15, -0.1) is 11.8 Å². The minimum absolute atomic E-state index is 0.181. The average molecular weight is 272 g/mol. The molecule has 0 radical (unpaired) electrons. The lowest BCUT2D eigenvalue weighted by atomic mass is 9.82. The zero-order valence-electron chi connectivity index (χ0n) is 11.2. The van der Waals surface area contributed by atoms with Crippen LogP contribution in [-0.4, -0.2) is 11.5 Å². The Labute approximate surface area is 119 Å². The van der Waals surface area contributed by atoms with E-state index in [9.17, 15) is 4.79 Å². The summed E-state index contributed by atoms with van der Waals surface area (Å²) in [4.78, 5) is 14.0. The summed E-state index contributed by atoms with van der Waals surface area (Å²) in [6.07, 6.45) is 6.41. The molecule has 100 valence electrons. The fourth-order valence-corrected chi connectivity index (χ4v) is 5.72. The van der Waals surface area contributed by atoms with Crippen LogP contribution in [0.25, 0.3) is 0 Å². The van der Waals surface area contributed by atoms with Crippen LogP contribution in [0.15, 0.2) is 29.2 Å². The average Bonchev–Trinajstić information content (AvgIpc) is 3.13. The molecule has 2 bridgehead atoms. The molecule has 1 aromatic rings. The third kappa shape index (κ3) is 2.05. The number of benzene rings is 1. The predicted molar refractivity (Wildman–Crippen MR) is 78.5 cm³/mol. The summed E-state index contributed by atoms with van der Waals surface area (Å²) in [6.45, 7) is 0. The Balaban J connectivity index is 1.47. The van der Waals surface area contributed by atoms with Gasteiger partial charge in [-0.3, -0.25) is 4.79 Å². The Morgan fingerprint density at radius 3 is 2.89 bits per heavy atom. The van der Waals surface area contributed by atoms with E-state index in [1.807, 2.05) is 11.8 Å². The molecular weight excluding hydrogens is 252 g/mol. The van der Waals surface area contributed by atoms with E-state index in [0.29, 0.717) is 11.7 Å². The summed E-state index contributed by atoms with van der Waals surface area (Å²) < 4.78 is 0. The van der Waals surface area contributed by atoms with Crippen molar-refractivity contribution < 1.29 is 4.79 Å². The zero-order valence-corrected chi connectivity index (χ0v) is 12.0. The molecule has 0 aromatic heterocycles. The monoisotopic (exact) mass is 272 g/mol. The van der Waals surface area contributed by atoms with Gasteiger partial charge in [0.25, 0.3) is 0 Å². The second kappa shape index (κ2) is 4.66. The van der Waals surface area contributed by atoms with Gasteiger partial charge in [0.1, 0.15) is 5.78 Å². The second-order valence-electron chi connectivity index (χ2n) is 6.51. The molecule has 1 aromatic carbocycles. The highest BCUT2D eigenvalue weighted by atomic mass is 32.2. The number of carbonyl (C=O) groups is 1. The van der Waals surface area contributed by atoms with Crippen LogP contribution in [0.4, 0.5) is 0 Å². The highest BCUT2D eigenvalue weighted by Crippen LogP contribution is 2.50. The number of fused-ring (bicyclic) bond motifs is 3. The molecule has 19 heavy (non-hydrogen) atoms. The minimum atomic E-state index is 0.181. The number of Topliss-reactive ketones (excluding diaryl/α,β-unsaturated/α-hetero) is 1. The topological polar surface area (TPSA) is 17.1 Å². The lowest BCUT2D eigenvalue weighted by molar-refractivity contribution is -0.121. The first-order valence-electron chi connectivity index (χ1n) is 7.55. The third-order valence-corrected chi connectivity index (χ3v) is 6.62. The molecule has 1 aliphatic heterocycles. The molecule has 0 amide bonds. The third-order valence-electron chi connectivity index (χ3n) is 5.44. The van der Waals surface area contributed by atoms with E-state index < -0.39 is 0 Å². The second-order valence-corrected chi connectivity index (χ2v) is 7.57. The van der Waals surface area contributed by atoms with Gasteiger partial charge in [-0.2, -0.15) is 0 Å². The number of ketones is 1. The molecule has 1 heterocycles. The van der Waals surface area contributed by atoms with Crippen LogP contribution in [0, 0.1) is 17.8 Å². The molecule has 2 aliphatic carbocycles. The van der Waals surface area contributed by atoms with Crippen LogP contribution >= 0.6 is 11.8 Å². The quantitative estimate of drug-likeness (QED) is 0.817. The van der Waals surface area contributed by atoms with E-state index in [-0.39, 0.29) is 5.92 Å². The molecule has 3 aliphatic rings. The summed E-state index contributed by atoms with van der Waals surface area (Å²) in [5.74, 6) is 4.20. The predicted octanol–water partition coefficient (Wildman–Crippen LogP) is 4.27. The Kier molecular flexibility index (Phi) is 2.95. The summed E-state index contributed by atoms with van der Waals surface area (Å²) in [6, 6.07) is 8.46. The van der Waals surface area contributed by atoms with Gasteiger partial charge in [-0.1, -0.05) is 24.6 Å². The smallest absolute Gasteiger partial charge is 0.141 e. The Bertz CT molecular complexity index is 510. The first-order chi connectivity index (χ1) is 9.31. The van der Waals surface area contributed by atoms with Gasteiger partial charge in [-0.25, -0.2) is 0 Å². The molecule has 4 atom stereocenters. The Morgan fingerprint density at radius 2 is 2.11 bits per heavy atom. The molecule has 1 nitrogen and oxygen atoms in total. The van der Waals surface area contributed by atoms with Crippen LogP contribution in [0.1, 0.15) is 43.6 Å². The summed E-state index contributed by atoms with van der Waals surface area (Å²) >= 11 is 1.86. The number of rotatable bonds is 3. The molecule has 4 unspecified atom stereocenters. The van der Waals surface area contributed by atoms with Crippen molar-refractivity contribution in [2.45, 2.75) is 42.9 Å². The fraction of sp³-hybridized carbons (Fsp3) is 0.588. The molecular formula is C17H20OS. The van der Waals surface area contributed by atoms with Gasteiger partial charge in [0.2, 0.25) is 0 Å². The molecule has 0 N–H and O–H groups in total. The number of thioether (sulfide) groups is 1. The van der Waals surface area contributed by atoms with Crippen molar-refractivity contribution >= 4 is 17.5 Å². The van der Waals surface area contributed by atoms with Gasteiger partial charge in [0, 0.05) is 17.1 Å². The minimum Gasteiger partial charge on any atom is -0.299 e. The van der Waals surface area contributed by atoms with E-state index in [2.05, 4.69) is 24.3 Å². The van der Waals surface area contributed by atoms with Crippen LogP contribution in [0.3, 0.4) is 0 Å². The van der Waals surface area contributed by atoms with Gasteiger partial charge in [-0.05, 0) is 48.6 Å². The highest BCUT2D eigenvalue weighted by molar-refractivity contribution is 7.99. The zero-order chi connectivity index (χ0) is 12.8. The summed E-state index contributed by atoms with van der Waals surface area (Å²) in [5, 5.41) is 0. The van der Waals surface area contributed by atoms with Crippen LogP contribution < -0.4 is 0 Å². The van der Waals surface area contributed by atoms with Crippen LogP contribution in [-0.2, 0) is 4.79 Å². The van der Waals surface area contributed by atoms with E-state index in [0.717, 1.165) is 24.0 Å². The van der Waals surface area contributed by atoms with Gasteiger partial charge in [0.15, 0.2) is 0 Å². The first-order valence-corrected chi connectivity index (χ1v) is 8.54. The highest BCUT2D eigenvalue weighted by Gasteiger charge is 2.41. The number of carbonyl (C=O) groups excluding carboxylic acids is 1. The SMILES string of the molecule is O=C(CC1CC2CCC1C2)C1CSc2ccccc21. The van der Waals surface area contributed by atoms with Crippen molar-refractivity contribution in [1.29, 1.82) is 0 Å². The molecule has 0 spiro atoms. The maximum Gasteiger partial charge on any atom is 0.141 e. The van der Waals surface area contributed by atoms with Crippen molar-refractivity contribution in [3.05, 3.63) is 29.8 Å². The van der Waals surface area contributed by atoms with Gasteiger partial charge >= 0.3 is 0 Å². The van der Waals surface area contributed by atoms with Crippen LogP contribution in [0.5, 0.6) is 0 Å². The van der Waals surface area contributed by atoms with E-state index in [4.69, 9.17) is 0 Å². The lowest BCUT2D eigenvalue weighted by Crippen LogP contribution is -2.20. The van der Waals surface area contributed by atoms with E-state index in [1.54, 1.807) is 0 Å². The number of hydrogen-bond donors (Lipinski definition) is 0. The molecule has 0 saturated heterocycles. The maximum atomic E-state index is 12.6. The van der Waals surface area contributed by atoms with Crippen molar-refractivity contribution in [3.63, 3.8) is 0 Å². The normalized spacial score (nSPS) is 35.6. The summed E-state index contributed by atoms with van der Waals surface area (Å²) in [7, 11) is 0. The Hall–Kier alpha value is -0.760. The van der Waals surface area contributed by atoms with E-state index in [1.165, 1.54) is 36.1 Å². The van der Waals surface area contributed by atoms with Crippen molar-refractivity contribution in [2.24, 2.45) is 17.8 Å². The Morgan fingerprint density at radius 1 is 1.21 bits per heavy atom. The fourth-order valence-electron chi connectivity index (χ4n) is 4.46. The number of hydrogen-bond acceptors (Lipinski definition) is 2. The van der Waals surface area contributed by atoms with Crippen molar-refractivity contribution in [2.75, 3.05) is 5.75 Å². The van der Waals surface area contributed by atoms with Crippen molar-refractivity contribution in [1.82, 2.24) is 0 Å². The molecule has 2 fully saturated rings. The lowest BCUT2D eigenvalue weighted by Gasteiger charge is -2.22. The van der Waals surface area contributed by atoms with E-state index >= 15 is 0 Å². The first kappa shape index (κ1) is 12.0. The molecule has 2 saturated carbocycles. The van der Waals surface area contributed by atoms with Gasteiger partial charge in [0.05, 0.1) is 5.92 Å². The summed E-state index contributed by atoms with van der Waals surface area (Å²) in [5.41, 5.74) is 1.29. The standard InChI is InChI=1S/C17H20OS/c18-16(9-13-8-11-5-6-12(13)7-11)15-10-19-17-4-2-1-3-14(15)17/h1-4,11-13,15H,5-10H2. The molecule has 2 heteroatoms.